The Morgan fingerprint density at radius 2 is 1.83 bits per heavy atom. The Kier molecular flexibility index (Phi) is 3.14. The fourth-order valence-corrected chi connectivity index (χ4v) is 2.31. The standard InChI is InChI=1S/C11H13N3O4/c1-2-12-5-3-4-8-6-10(13(15)16)11(14(17)18)7-9(8)12/h6-7H,2-5H2,1H3. The van der Waals surface area contributed by atoms with Crippen LogP contribution in [-0.2, 0) is 6.42 Å². The van der Waals surface area contributed by atoms with Crippen molar-refractivity contribution in [3.8, 4) is 0 Å². The Bertz CT molecular complexity index is 515. The molecule has 0 atom stereocenters. The average molecular weight is 251 g/mol. The summed E-state index contributed by atoms with van der Waals surface area (Å²) in [5.74, 6) is 0. The van der Waals surface area contributed by atoms with Gasteiger partial charge in [-0.15, -0.1) is 0 Å². The highest BCUT2D eigenvalue weighted by Gasteiger charge is 2.29. The summed E-state index contributed by atoms with van der Waals surface area (Å²) in [6.07, 6.45) is 1.64. The Morgan fingerprint density at radius 3 is 2.39 bits per heavy atom. The van der Waals surface area contributed by atoms with E-state index in [1.165, 1.54) is 12.1 Å². The van der Waals surface area contributed by atoms with E-state index in [2.05, 4.69) is 0 Å². The zero-order valence-corrected chi connectivity index (χ0v) is 9.96. The minimum atomic E-state index is -0.694. The van der Waals surface area contributed by atoms with E-state index in [9.17, 15) is 20.2 Å². The van der Waals surface area contributed by atoms with Gasteiger partial charge in [-0.2, -0.15) is 0 Å². The topological polar surface area (TPSA) is 89.5 Å². The lowest BCUT2D eigenvalue weighted by Crippen LogP contribution is -2.29. The molecular formula is C11H13N3O4. The third kappa shape index (κ3) is 1.99. The molecule has 0 fully saturated rings. The zero-order valence-electron chi connectivity index (χ0n) is 9.96. The number of aryl methyl sites for hydroxylation is 1. The maximum Gasteiger partial charge on any atom is 0.348 e. The van der Waals surface area contributed by atoms with Gasteiger partial charge >= 0.3 is 11.4 Å². The van der Waals surface area contributed by atoms with Crippen LogP contribution < -0.4 is 4.90 Å². The van der Waals surface area contributed by atoms with Gasteiger partial charge in [0.25, 0.3) is 0 Å². The summed E-state index contributed by atoms with van der Waals surface area (Å²) in [5, 5.41) is 21.7. The van der Waals surface area contributed by atoms with Crippen LogP contribution in [0.3, 0.4) is 0 Å². The van der Waals surface area contributed by atoms with Crippen molar-refractivity contribution >= 4 is 17.1 Å². The molecule has 0 aliphatic carbocycles. The van der Waals surface area contributed by atoms with Crippen molar-refractivity contribution in [1.82, 2.24) is 0 Å². The van der Waals surface area contributed by atoms with Gasteiger partial charge in [-0.05, 0) is 25.3 Å². The van der Waals surface area contributed by atoms with Crippen molar-refractivity contribution in [3.05, 3.63) is 37.9 Å². The number of rotatable bonds is 3. The van der Waals surface area contributed by atoms with E-state index in [4.69, 9.17) is 0 Å². The predicted octanol–water partition coefficient (Wildman–Crippen LogP) is 2.28. The number of nitro groups is 2. The van der Waals surface area contributed by atoms with E-state index in [1.54, 1.807) is 0 Å². The first kappa shape index (κ1) is 12.3. The van der Waals surface area contributed by atoms with Crippen molar-refractivity contribution in [2.24, 2.45) is 0 Å². The first-order valence-corrected chi connectivity index (χ1v) is 5.75. The third-order valence-corrected chi connectivity index (χ3v) is 3.17. The summed E-state index contributed by atoms with van der Waals surface area (Å²) < 4.78 is 0. The first-order valence-electron chi connectivity index (χ1n) is 5.75. The highest BCUT2D eigenvalue weighted by molar-refractivity contribution is 5.68. The minimum Gasteiger partial charge on any atom is -0.371 e. The van der Waals surface area contributed by atoms with E-state index >= 15 is 0 Å². The molecular weight excluding hydrogens is 238 g/mol. The molecule has 0 aromatic heterocycles. The summed E-state index contributed by atoms with van der Waals surface area (Å²) in [6, 6.07) is 2.67. The van der Waals surface area contributed by atoms with E-state index in [0.717, 1.165) is 37.2 Å². The molecule has 0 radical (unpaired) electrons. The van der Waals surface area contributed by atoms with Crippen LogP contribution in [0.2, 0.25) is 0 Å². The second kappa shape index (κ2) is 4.59. The number of benzene rings is 1. The fourth-order valence-electron chi connectivity index (χ4n) is 2.31. The number of anilines is 1. The molecule has 7 heteroatoms. The van der Waals surface area contributed by atoms with Gasteiger partial charge in [0.1, 0.15) is 0 Å². The second-order valence-electron chi connectivity index (χ2n) is 4.17. The smallest absolute Gasteiger partial charge is 0.348 e. The summed E-state index contributed by atoms with van der Waals surface area (Å²) in [7, 11) is 0. The molecule has 96 valence electrons. The Labute approximate surface area is 103 Å². The first-order chi connectivity index (χ1) is 8.54. The third-order valence-electron chi connectivity index (χ3n) is 3.17. The average Bonchev–Trinajstić information content (AvgIpc) is 2.36. The summed E-state index contributed by atoms with van der Waals surface area (Å²) >= 11 is 0. The van der Waals surface area contributed by atoms with Crippen LogP contribution in [0.15, 0.2) is 12.1 Å². The Hall–Kier alpha value is -2.18. The van der Waals surface area contributed by atoms with Crippen LogP contribution in [0.25, 0.3) is 0 Å². The van der Waals surface area contributed by atoms with Gasteiger partial charge in [-0.1, -0.05) is 0 Å². The van der Waals surface area contributed by atoms with Crippen molar-refractivity contribution in [1.29, 1.82) is 0 Å². The fraction of sp³-hybridized carbons (Fsp3) is 0.455. The number of hydrogen-bond donors (Lipinski definition) is 0. The van der Waals surface area contributed by atoms with Crippen LogP contribution in [0.4, 0.5) is 17.1 Å². The summed E-state index contributed by atoms with van der Waals surface area (Å²) in [5.41, 5.74) is 0.720. The number of nitrogens with zero attached hydrogens (tertiary/aromatic N) is 3. The number of hydrogen-bond acceptors (Lipinski definition) is 5. The van der Waals surface area contributed by atoms with Crippen LogP contribution >= 0.6 is 0 Å². The van der Waals surface area contributed by atoms with Crippen molar-refractivity contribution in [3.63, 3.8) is 0 Å². The normalized spacial score (nSPS) is 14.2. The van der Waals surface area contributed by atoms with Gasteiger partial charge in [-0.25, -0.2) is 0 Å². The Balaban J connectivity index is 2.60. The van der Waals surface area contributed by atoms with Crippen molar-refractivity contribution < 1.29 is 9.85 Å². The quantitative estimate of drug-likeness (QED) is 0.607. The monoisotopic (exact) mass is 251 g/mol. The maximum atomic E-state index is 10.9. The van der Waals surface area contributed by atoms with Gasteiger partial charge in [-0.3, -0.25) is 20.2 Å². The molecule has 0 saturated carbocycles. The van der Waals surface area contributed by atoms with E-state index in [0.29, 0.717) is 0 Å². The van der Waals surface area contributed by atoms with Gasteiger partial charge in [0.05, 0.1) is 9.85 Å². The zero-order chi connectivity index (χ0) is 13.3. The SMILES string of the molecule is CCN1CCCc2cc([N+](=O)[O-])c([N+](=O)[O-])cc21. The largest absolute Gasteiger partial charge is 0.371 e. The van der Waals surface area contributed by atoms with Gasteiger partial charge < -0.3 is 4.90 Å². The molecule has 1 aromatic carbocycles. The summed E-state index contributed by atoms with van der Waals surface area (Å²) in [4.78, 5) is 22.4. The molecule has 1 aliphatic heterocycles. The predicted molar refractivity (Wildman–Crippen MR) is 66.0 cm³/mol. The molecule has 0 spiro atoms. The van der Waals surface area contributed by atoms with Gasteiger partial charge in [0.2, 0.25) is 0 Å². The minimum absolute atomic E-state index is 0.420. The number of fused-ring (bicyclic) bond motifs is 1. The van der Waals surface area contributed by atoms with E-state index < -0.39 is 21.2 Å². The highest BCUT2D eigenvalue weighted by atomic mass is 16.6. The van der Waals surface area contributed by atoms with E-state index in [-0.39, 0.29) is 0 Å². The molecule has 1 heterocycles. The lowest BCUT2D eigenvalue weighted by atomic mass is 10.00. The molecule has 1 aliphatic rings. The highest BCUT2D eigenvalue weighted by Crippen LogP contribution is 2.37. The lowest BCUT2D eigenvalue weighted by Gasteiger charge is -2.29. The molecule has 1 aromatic rings. The lowest BCUT2D eigenvalue weighted by molar-refractivity contribution is -0.422. The van der Waals surface area contributed by atoms with Gasteiger partial charge in [0.15, 0.2) is 0 Å². The molecule has 18 heavy (non-hydrogen) atoms. The number of nitro benzene ring substituents is 2. The van der Waals surface area contributed by atoms with E-state index in [1.807, 2.05) is 11.8 Å². The summed E-state index contributed by atoms with van der Waals surface area (Å²) in [6.45, 7) is 3.53. The molecule has 0 bridgehead atoms. The van der Waals surface area contributed by atoms with Crippen molar-refractivity contribution in [2.45, 2.75) is 19.8 Å². The van der Waals surface area contributed by atoms with Crippen LogP contribution in [0.1, 0.15) is 18.9 Å². The van der Waals surface area contributed by atoms with Crippen molar-refractivity contribution in [2.75, 3.05) is 18.0 Å². The Morgan fingerprint density at radius 1 is 1.22 bits per heavy atom. The second-order valence-corrected chi connectivity index (χ2v) is 4.17. The van der Waals surface area contributed by atoms with Crippen LogP contribution in [0.5, 0.6) is 0 Å². The molecule has 0 amide bonds. The maximum absolute atomic E-state index is 10.9. The molecule has 7 nitrogen and oxygen atoms in total. The molecule has 0 saturated heterocycles. The molecule has 0 unspecified atom stereocenters. The molecule has 0 N–H and O–H groups in total. The van der Waals surface area contributed by atoms with Gasteiger partial charge in [0, 0.05) is 30.9 Å². The van der Waals surface area contributed by atoms with Crippen LogP contribution in [0, 0.1) is 20.2 Å². The molecule has 2 rings (SSSR count). The van der Waals surface area contributed by atoms with Crippen LogP contribution in [-0.4, -0.2) is 22.9 Å².